The van der Waals surface area contributed by atoms with Crippen LogP contribution >= 0.6 is 0 Å². The average Bonchev–Trinajstić information content (AvgIpc) is 2.31. The number of carbonyl (C=O) groups is 2. The first-order valence-corrected chi connectivity index (χ1v) is 7.77. The predicted octanol–water partition coefficient (Wildman–Crippen LogP) is -1.30. The molecule has 0 aromatic rings. The Balaban J connectivity index is 2.41. The molecule has 1 saturated heterocycles. The second kappa shape index (κ2) is 6.71. The first kappa shape index (κ1) is 15.7. The molecule has 1 atom stereocenters. The first-order chi connectivity index (χ1) is 8.84. The van der Waals surface area contributed by atoms with Crippen molar-refractivity contribution in [2.24, 2.45) is 0 Å². The van der Waals surface area contributed by atoms with Gasteiger partial charge in [-0.3, -0.25) is 0 Å². The van der Waals surface area contributed by atoms with Crippen LogP contribution in [0.25, 0.3) is 0 Å². The van der Waals surface area contributed by atoms with Crippen LogP contribution in [0, 0.1) is 0 Å². The number of carbonyl (C=O) groups excluding carboxylic acids is 1. The Kier molecular flexibility index (Phi) is 5.55. The third kappa shape index (κ3) is 5.43. The highest BCUT2D eigenvalue weighted by Gasteiger charge is 2.26. The summed E-state index contributed by atoms with van der Waals surface area (Å²) in [5, 5.41) is 22.2. The van der Waals surface area contributed by atoms with E-state index in [1.165, 1.54) is 0 Å². The zero-order valence-electron chi connectivity index (χ0n) is 10.3. The van der Waals surface area contributed by atoms with Crippen molar-refractivity contribution in [3.8, 4) is 0 Å². The van der Waals surface area contributed by atoms with Gasteiger partial charge in [-0.1, -0.05) is 0 Å². The van der Waals surface area contributed by atoms with Crippen LogP contribution in [0.5, 0.6) is 0 Å². The number of rotatable bonds is 5. The Morgan fingerprint density at radius 3 is 2.32 bits per heavy atom. The molecule has 0 spiro atoms. The molecule has 0 bridgehead atoms. The molecule has 0 unspecified atom stereocenters. The van der Waals surface area contributed by atoms with Crippen molar-refractivity contribution in [2.45, 2.75) is 31.3 Å². The van der Waals surface area contributed by atoms with Gasteiger partial charge >= 0.3 is 12.0 Å². The number of aliphatic carboxylic acids is 1. The number of aliphatic hydroxyl groups is 1. The van der Waals surface area contributed by atoms with Crippen molar-refractivity contribution in [3.05, 3.63) is 0 Å². The minimum Gasteiger partial charge on any atom is -0.480 e. The normalized spacial score (nSPS) is 20.5. The largest absolute Gasteiger partial charge is 0.480 e. The van der Waals surface area contributed by atoms with Gasteiger partial charge in [0.2, 0.25) is 0 Å². The number of amides is 2. The summed E-state index contributed by atoms with van der Waals surface area (Å²) in [7, 11) is -3.00. The molecule has 19 heavy (non-hydrogen) atoms. The average molecular weight is 294 g/mol. The highest BCUT2D eigenvalue weighted by Crippen LogP contribution is 2.11. The van der Waals surface area contributed by atoms with E-state index in [0.717, 1.165) is 0 Å². The Morgan fingerprint density at radius 2 is 1.84 bits per heavy atom. The van der Waals surface area contributed by atoms with E-state index in [1.807, 2.05) is 0 Å². The van der Waals surface area contributed by atoms with E-state index in [4.69, 9.17) is 10.2 Å². The van der Waals surface area contributed by atoms with E-state index in [2.05, 4.69) is 10.6 Å². The third-order valence-electron chi connectivity index (χ3n) is 2.91. The van der Waals surface area contributed by atoms with Gasteiger partial charge in [-0.25, -0.2) is 18.0 Å². The van der Waals surface area contributed by atoms with Crippen molar-refractivity contribution in [2.75, 3.05) is 18.1 Å². The molecule has 4 N–H and O–H groups in total. The van der Waals surface area contributed by atoms with E-state index in [-0.39, 0.29) is 30.6 Å². The fourth-order valence-corrected chi connectivity index (χ4v) is 3.30. The first-order valence-electron chi connectivity index (χ1n) is 5.95. The zero-order chi connectivity index (χ0) is 14.5. The molecule has 110 valence electrons. The molecule has 1 heterocycles. The summed E-state index contributed by atoms with van der Waals surface area (Å²) >= 11 is 0. The van der Waals surface area contributed by atoms with Crippen molar-refractivity contribution in [1.82, 2.24) is 10.6 Å². The lowest BCUT2D eigenvalue weighted by atomic mass is 10.1. The highest BCUT2D eigenvalue weighted by atomic mass is 32.2. The maximum Gasteiger partial charge on any atom is 0.326 e. The summed E-state index contributed by atoms with van der Waals surface area (Å²) in [6, 6.07) is -2.09. The number of hydrogen-bond acceptors (Lipinski definition) is 5. The Labute approximate surface area is 111 Å². The molecule has 1 aliphatic rings. The number of hydrogen-bond donors (Lipinski definition) is 4. The number of carboxylic acid groups (broad SMARTS) is 1. The topological polar surface area (TPSA) is 133 Å². The standard InChI is InChI=1S/C10H18N2O6S/c13-4-1-8(9(14)15)12-10(16)11-7-2-5-19(17,18)6-3-7/h7-8,13H,1-6H2,(H,14,15)(H2,11,12,16)/t8-/m0/s1. The number of aliphatic hydroxyl groups excluding tert-OH is 1. The molecule has 1 aliphatic heterocycles. The zero-order valence-corrected chi connectivity index (χ0v) is 11.1. The second-order valence-electron chi connectivity index (χ2n) is 4.45. The molecule has 9 heteroatoms. The molecule has 0 aromatic carbocycles. The van der Waals surface area contributed by atoms with E-state index < -0.39 is 27.9 Å². The van der Waals surface area contributed by atoms with Crippen LogP contribution < -0.4 is 10.6 Å². The van der Waals surface area contributed by atoms with Gasteiger partial charge in [0.05, 0.1) is 11.5 Å². The van der Waals surface area contributed by atoms with Crippen molar-refractivity contribution < 1.29 is 28.2 Å². The summed E-state index contributed by atoms with van der Waals surface area (Å²) in [5.74, 6) is -1.18. The summed E-state index contributed by atoms with van der Waals surface area (Å²) in [6.45, 7) is -0.348. The second-order valence-corrected chi connectivity index (χ2v) is 6.75. The third-order valence-corrected chi connectivity index (χ3v) is 4.63. The number of sulfone groups is 1. The molecule has 0 radical (unpaired) electrons. The van der Waals surface area contributed by atoms with Crippen molar-refractivity contribution in [3.63, 3.8) is 0 Å². The van der Waals surface area contributed by atoms with Crippen LogP contribution in [0.2, 0.25) is 0 Å². The summed E-state index contributed by atoms with van der Waals surface area (Å²) in [6.07, 6.45) is 0.572. The monoisotopic (exact) mass is 294 g/mol. The molecule has 8 nitrogen and oxygen atoms in total. The lowest BCUT2D eigenvalue weighted by Gasteiger charge is -2.24. The lowest BCUT2D eigenvalue weighted by molar-refractivity contribution is -0.139. The fourth-order valence-electron chi connectivity index (χ4n) is 1.81. The van der Waals surface area contributed by atoms with Crippen molar-refractivity contribution in [1.29, 1.82) is 0 Å². The highest BCUT2D eigenvalue weighted by molar-refractivity contribution is 7.91. The molecule has 1 fully saturated rings. The quantitative estimate of drug-likeness (QED) is 0.498. The molecular weight excluding hydrogens is 276 g/mol. The maximum absolute atomic E-state index is 11.5. The van der Waals surface area contributed by atoms with Gasteiger partial charge in [-0.05, 0) is 12.8 Å². The minimum atomic E-state index is -3.00. The van der Waals surface area contributed by atoms with E-state index in [0.29, 0.717) is 12.8 Å². The Hall–Kier alpha value is -1.35. The summed E-state index contributed by atoms with van der Waals surface area (Å²) < 4.78 is 22.4. The van der Waals surface area contributed by atoms with Crippen molar-refractivity contribution >= 4 is 21.8 Å². The van der Waals surface area contributed by atoms with Gasteiger partial charge in [0.25, 0.3) is 0 Å². The molecular formula is C10H18N2O6S. The lowest BCUT2D eigenvalue weighted by Crippen LogP contribution is -2.50. The van der Waals surface area contributed by atoms with E-state index >= 15 is 0 Å². The van der Waals surface area contributed by atoms with Crippen LogP contribution in [-0.4, -0.2) is 60.8 Å². The summed E-state index contributed by atoms with van der Waals surface area (Å²) in [4.78, 5) is 22.3. The number of urea groups is 1. The van der Waals surface area contributed by atoms with Gasteiger partial charge in [0.1, 0.15) is 15.9 Å². The number of nitrogens with one attached hydrogen (secondary N) is 2. The molecule has 0 aliphatic carbocycles. The smallest absolute Gasteiger partial charge is 0.326 e. The number of carboxylic acids is 1. The Morgan fingerprint density at radius 1 is 1.26 bits per heavy atom. The fraction of sp³-hybridized carbons (Fsp3) is 0.800. The molecule has 0 aromatic heterocycles. The van der Waals surface area contributed by atoms with Gasteiger partial charge in [-0.2, -0.15) is 0 Å². The van der Waals surface area contributed by atoms with Crippen LogP contribution in [0.4, 0.5) is 4.79 Å². The minimum absolute atomic E-state index is 0.0247. The van der Waals surface area contributed by atoms with Gasteiger partial charge in [0.15, 0.2) is 0 Å². The van der Waals surface area contributed by atoms with E-state index in [1.54, 1.807) is 0 Å². The summed E-state index contributed by atoms with van der Waals surface area (Å²) in [5.41, 5.74) is 0. The predicted molar refractivity (Wildman–Crippen MR) is 66.5 cm³/mol. The van der Waals surface area contributed by atoms with E-state index in [9.17, 15) is 18.0 Å². The van der Waals surface area contributed by atoms with Gasteiger partial charge < -0.3 is 20.8 Å². The van der Waals surface area contributed by atoms with Crippen LogP contribution in [0.1, 0.15) is 19.3 Å². The van der Waals surface area contributed by atoms with Crippen LogP contribution in [-0.2, 0) is 14.6 Å². The SMILES string of the molecule is O=C(NC1CCS(=O)(=O)CC1)N[C@@H](CCO)C(=O)O. The maximum atomic E-state index is 11.5. The van der Waals surface area contributed by atoms with Gasteiger partial charge in [0, 0.05) is 19.1 Å². The van der Waals surface area contributed by atoms with Crippen LogP contribution in [0.15, 0.2) is 0 Å². The van der Waals surface area contributed by atoms with Crippen LogP contribution in [0.3, 0.4) is 0 Å². The van der Waals surface area contributed by atoms with Gasteiger partial charge in [-0.15, -0.1) is 0 Å². The molecule has 0 saturated carbocycles. The Bertz CT molecular complexity index is 421. The molecule has 2 amide bonds. The molecule has 1 rings (SSSR count).